The minimum atomic E-state index is -4.54. The van der Waals surface area contributed by atoms with Crippen molar-refractivity contribution in [3.05, 3.63) is 82.7 Å². The average molecular weight is 601 g/mol. The third kappa shape index (κ3) is 6.13. The van der Waals surface area contributed by atoms with Crippen LogP contribution in [0.5, 0.6) is 11.5 Å². The SMILES string of the molecule is CS(=O)(=O)N1CC[C@@H](Nc2ccc(S(=O)(=O)NC(=O)c3ccccc3Oc3cnc4[nH]ccc4c3)cc2[N+](=O)[O-])C1. The summed E-state index contributed by atoms with van der Waals surface area (Å²) in [4.78, 5) is 30.7. The number of carbonyl (C=O) groups excluding carboxylic acids is 1. The average Bonchev–Trinajstić information content (AvgIpc) is 3.58. The second kappa shape index (κ2) is 10.8. The number of rotatable bonds is 9. The number of benzene rings is 2. The number of nitrogens with one attached hydrogen (secondary N) is 3. The summed E-state index contributed by atoms with van der Waals surface area (Å²) in [5.41, 5.74) is 0.0282. The van der Waals surface area contributed by atoms with Gasteiger partial charge in [-0.3, -0.25) is 14.9 Å². The quantitative estimate of drug-likeness (QED) is 0.190. The molecule has 1 aliphatic rings. The molecule has 3 N–H and O–H groups in total. The summed E-state index contributed by atoms with van der Waals surface area (Å²) in [6.07, 6.45) is 4.65. The van der Waals surface area contributed by atoms with Crippen molar-refractivity contribution in [1.82, 2.24) is 19.0 Å². The standard InChI is InChI=1S/C25H24N6O8S2/c1-40(35,36)30-11-9-17(15-30)28-21-7-6-19(13-22(21)31(33)34)41(37,38)29-25(32)20-4-2-3-5-23(20)39-18-12-16-8-10-26-24(16)27-14-18/h2-8,10,12-14,17,28H,9,11,15H2,1H3,(H,26,27)(H,29,32)/t17-/m1/s1. The van der Waals surface area contributed by atoms with Crippen molar-refractivity contribution in [2.24, 2.45) is 0 Å². The zero-order valence-electron chi connectivity index (χ0n) is 21.5. The molecule has 1 amide bonds. The molecule has 2 aromatic carbocycles. The van der Waals surface area contributed by atoms with Crippen LogP contribution in [0.3, 0.4) is 0 Å². The summed E-state index contributed by atoms with van der Waals surface area (Å²) in [5.74, 6) is -0.615. The zero-order chi connectivity index (χ0) is 29.4. The van der Waals surface area contributed by atoms with Gasteiger partial charge in [0.1, 0.15) is 22.8 Å². The molecule has 14 nitrogen and oxygen atoms in total. The number of anilines is 1. The van der Waals surface area contributed by atoms with Gasteiger partial charge < -0.3 is 15.0 Å². The first-order valence-electron chi connectivity index (χ1n) is 12.2. The summed E-state index contributed by atoms with van der Waals surface area (Å²) in [5, 5.41) is 15.5. The first-order valence-corrected chi connectivity index (χ1v) is 15.5. The van der Waals surface area contributed by atoms with Crippen molar-refractivity contribution < 1.29 is 31.3 Å². The van der Waals surface area contributed by atoms with E-state index in [1.54, 1.807) is 24.4 Å². The van der Waals surface area contributed by atoms with E-state index in [1.807, 2.05) is 4.72 Å². The van der Waals surface area contributed by atoms with Crippen LogP contribution in [0, 0.1) is 10.1 Å². The topological polar surface area (TPSA) is 194 Å². The molecule has 0 unspecified atom stereocenters. The van der Waals surface area contributed by atoms with E-state index in [4.69, 9.17) is 4.74 Å². The number of H-pyrrole nitrogens is 1. The van der Waals surface area contributed by atoms with Crippen LogP contribution in [0.2, 0.25) is 0 Å². The fourth-order valence-corrected chi connectivity index (χ4v) is 6.27. The fourth-order valence-electron chi connectivity index (χ4n) is 4.40. The third-order valence-electron chi connectivity index (χ3n) is 6.42. The highest BCUT2D eigenvalue weighted by molar-refractivity contribution is 7.90. The van der Waals surface area contributed by atoms with E-state index in [1.165, 1.54) is 34.8 Å². The normalized spacial score (nSPS) is 16.0. The Morgan fingerprint density at radius 2 is 1.93 bits per heavy atom. The first-order chi connectivity index (χ1) is 19.4. The molecule has 41 heavy (non-hydrogen) atoms. The van der Waals surface area contributed by atoms with Gasteiger partial charge in [-0.15, -0.1) is 0 Å². The van der Waals surface area contributed by atoms with E-state index in [0.29, 0.717) is 17.8 Å². The van der Waals surface area contributed by atoms with Gasteiger partial charge in [-0.25, -0.2) is 30.8 Å². The number of hydrogen-bond donors (Lipinski definition) is 3. The molecule has 0 bridgehead atoms. The highest BCUT2D eigenvalue weighted by Crippen LogP contribution is 2.31. The molecule has 1 atom stereocenters. The monoisotopic (exact) mass is 600 g/mol. The van der Waals surface area contributed by atoms with Gasteiger partial charge in [0.05, 0.1) is 27.8 Å². The number of para-hydroxylation sites is 1. The Morgan fingerprint density at radius 1 is 1.15 bits per heavy atom. The first kappa shape index (κ1) is 28.0. The van der Waals surface area contributed by atoms with Gasteiger partial charge in [-0.05, 0) is 42.8 Å². The number of ether oxygens (including phenoxy) is 1. The Balaban J connectivity index is 1.35. The molecule has 16 heteroatoms. The van der Waals surface area contributed by atoms with Crippen LogP contribution in [-0.4, -0.2) is 67.3 Å². The predicted octanol–water partition coefficient (Wildman–Crippen LogP) is 2.83. The third-order valence-corrected chi connectivity index (χ3v) is 9.02. The van der Waals surface area contributed by atoms with E-state index in [0.717, 1.165) is 23.8 Å². The second-order valence-electron chi connectivity index (χ2n) is 9.31. The highest BCUT2D eigenvalue weighted by atomic mass is 32.2. The van der Waals surface area contributed by atoms with E-state index in [-0.39, 0.29) is 30.1 Å². The largest absolute Gasteiger partial charge is 0.455 e. The van der Waals surface area contributed by atoms with Crippen molar-refractivity contribution in [2.75, 3.05) is 24.7 Å². The van der Waals surface area contributed by atoms with Crippen LogP contribution >= 0.6 is 0 Å². The molecule has 1 fully saturated rings. The lowest BCUT2D eigenvalue weighted by Gasteiger charge is -2.16. The molecule has 1 aliphatic heterocycles. The number of amides is 1. The molecule has 0 spiro atoms. The predicted molar refractivity (Wildman–Crippen MR) is 149 cm³/mol. The van der Waals surface area contributed by atoms with E-state index in [9.17, 15) is 31.7 Å². The number of nitrogens with zero attached hydrogens (tertiary/aromatic N) is 3. The van der Waals surface area contributed by atoms with Crippen molar-refractivity contribution in [1.29, 1.82) is 0 Å². The highest BCUT2D eigenvalue weighted by Gasteiger charge is 2.31. The van der Waals surface area contributed by atoms with Crippen molar-refractivity contribution in [2.45, 2.75) is 17.4 Å². The van der Waals surface area contributed by atoms with Crippen molar-refractivity contribution in [3.8, 4) is 11.5 Å². The number of aromatic nitrogens is 2. The Hall–Kier alpha value is -4.54. The number of hydrogen-bond acceptors (Lipinski definition) is 10. The number of carbonyl (C=O) groups is 1. The van der Waals surface area contributed by atoms with Crippen LogP contribution in [-0.2, 0) is 20.0 Å². The molecule has 0 saturated carbocycles. The van der Waals surface area contributed by atoms with Gasteiger partial charge >= 0.3 is 0 Å². The Morgan fingerprint density at radius 3 is 2.66 bits per heavy atom. The van der Waals surface area contributed by atoms with Crippen LogP contribution in [0.4, 0.5) is 11.4 Å². The Kier molecular flexibility index (Phi) is 7.37. The minimum absolute atomic E-state index is 0.0207. The van der Waals surface area contributed by atoms with Crippen LogP contribution < -0.4 is 14.8 Å². The lowest BCUT2D eigenvalue weighted by molar-refractivity contribution is -0.384. The lowest BCUT2D eigenvalue weighted by atomic mass is 10.2. The molecule has 3 heterocycles. The van der Waals surface area contributed by atoms with Crippen molar-refractivity contribution in [3.63, 3.8) is 0 Å². The van der Waals surface area contributed by atoms with E-state index in [2.05, 4.69) is 15.3 Å². The fraction of sp³-hybridized carbons (Fsp3) is 0.200. The van der Waals surface area contributed by atoms with E-state index >= 15 is 0 Å². The Bertz CT molecular complexity index is 1870. The molecular weight excluding hydrogens is 576 g/mol. The summed E-state index contributed by atoms with van der Waals surface area (Å²) >= 11 is 0. The van der Waals surface area contributed by atoms with Gasteiger partial charge in [0, 0.05) is 36.8 Å². The number of sulfonamides is 2. The molecule has 5 rings (SSSR count). The summed E-state index contributed by atoms with van der Waals surface area (Å²) in [7, 11) is -7.95. The van der Waals surface area contributed by atoms with Crippen LogP contribution in [0.15, 0.2) is 71.9 Å². The van der Waals surface area contributed by atoms with Gasteiger partial charge in [0.2, 0.25) is 10.0 Å². The smallest absolute Gasteiger partial charge is 0.293 e. The minimum Gasteiger partial charge on any atom is -0.455 e. The van der Waals surface area contributed by atoms with Gasteiger partial charge in [-0.1, -0.05) is 12.1 Å². The lowest BCUT2D eigenvalue weighted by Crippen LogP contribution is -2.31. The summed E-state index contributed by atoms with van der Waals surface area (Å²) < 4.78 is 58.7. The number of pyridine rings is 1. The summed E-state index contributed by atoms with van der Waals surface area (Å²) in [6.45, 7) is 0.369. The molecule has 214 valence electrons. The van der Waals surface area contributed by atoms with Crippen molar-refractivity contribution >= 4 is 48.4 Å². The number of aromatic amines is 1. The van der Waals surface area contributed by atoms with Gasteiger partial charge in [-0.2, -0.15) is 0 Å². The molecule has 2 aromatic heterocycles. The Labute approximate surface area is 234 Å². The molecule has 4 aromatic rings. The maximum absolute atomic E-state index is 13.1. The van der Waals surface area contributed by atoms with Crippen LogP contribution in [0.25, 0.3) is 11.0 Å². The van der Waals surface area contributed by atoms with Crippen LogP contribution in [0.1, 0.15) is 16.8 Å². The second-order valence-corrected chi connectivity index (χ2v) is 13.0. The molecule has 0 radical (unpaired) electrons. The number of nitro benzene ring substituents is 1. The number of fused-ring (bicyclic) bond motifs is 1. The molecule has 1 saturated heterocycles. The number of nitro groups is 1. The molecular formula is C25H24N6O8S2. The van der Waals surface area contributed by atoms with E-state index < -0.39 is 47.5 Å². The maximum Gasteiger partial charge on any atom is 0.293 e. The molecule has 0 aliphatic carbocycles. The van der Waals surface area contributed by atoms with Gasteiger partial charge in [0.15, 0.2) is 0 Å². The zero-order valence-corrected chi connectivity index (χ0v) is 23.1. The maximum atomic E-state index is 13.1. The van der Waals surface area contributed by atoms with Gasteiger partial charge in [0.25, 0.3) is 21.6 Å². The summed E-state index contributed by atoms with van der Waals surface area (Å²) in [6, 6.07) is 12.2.